The summed E-state index contributed by atoms with van der Waals surface area (Å²) in [6, 6.07) is 13.8. The Balaban J connectivity index is 1.98. The first-order chi connectivity index (χ1) is 10.6. The summed E-state index contributed by atoms with van der Waals surface area (Å²) in [6.07, 6.45) is 0.882. The van der Waals surface area contributed by atoms with Crippen LogP contribution in [0.5, 0.6) is 0 Å². The van der Waals surface area contributed by atoms with Gasteiger partial charge in [0.15, 0.2) is 5.69 Å². The third-order valence-electron chi connectivity index (χ3n) is 3.55. The Labute approximate surface area is 131 Å². The third-order valence-corrected chi connectivity index (χ3v) is 3.55. The highest BCUT2D eigenvalue weighted by Crippen LogP contribution is 2.16. The Morgan fingerprint density at radius 2 is 1.82 bits per heavy atom. The van der Waals surface area contributed by atoms with E-state index in [0.29, 0.717) is 11.5 Å². The number of nitrogens with zero attached hydrogens (tertiary/aromatic N) is 2. The van der Waals surface area contributed by atoms with Gasteiger partial charge >= 0.3 is 0 Å². The smallest absolute Gasteiger partial charge is 0.272 e. The minimum Gasteiger partial charge on any atom is -0.362 e. The van der Waals surface area contributed by atoms with Crippen LogP contribution in [0, 0.1) is 0 Å². The standard InChI is InChI=1S/C17H22N4O/c1-4-12(2)18-17(22)15-10-11-16(21-20-15)19-13(3)14-8-6-5-7-9-14/h5-13H,4H2,1-3H3,(H,18,22)(H,19,21). The number of carbonyl (C=O) groups is 1. The van der Waals surface area contributed by atoms with Crippen LogP contribution in [0.3, 0.4) is 0 Å². The molecule has 1 heterocycles. The van der Waals surface area contributed by atoms with Gasteiger partial charge in [0, 0.05) is 12.1 Å². The van der Waals surface area contributed by atoms with Crippen molar-refractivity contribution in [2.75, 3.05) is 5.32 Å². The summed E-state index contributed by atoms with van der Waals surface area (Å²) in [7, 11) is 0. The number of anilines is 1. The van der Waals surface area contributed by atoms with Crippen molar-refractivity contribution in [1.29, 1.82) is 0 Å². The van der Waals surface area contributed by atoms with Gasteiger partial charge in [-0.25, -0.2) is 0 Å². The Morgan fingerprint density at radius 1 is 1.09 bits per heavy atom. The van der Waals surface area contributed by atoms with E-state index < -0.39 is 0 Å². The molecule has 0 bridgehead atoms. The van der Waals surface area contributed by atoms with Crippen molar-refractivity contribution in [2.45, 2.75) is 39.3 Å². The molecule has 0 aliphatic rings. The van der Waals surface area contributed by atoms with Crippen molar-refractivity contribution < 1.29 is 4.79 Å². The van der Waals surface area contributed by atoms with E-state index in [1.54, 1.807) is 12.1 Å². The van der Waals surface area contributed by atoms with E-state index in [-0.39, 0.29) is 18.0 Å². The zero-order valence-electron chi connectivity index (χ0n) is 13.2. The van der Waals surface area contributed by atoms with Crippen LogP contribution in [0.2, 0.25) is 0 Å². The molecule has 116 valence electrons. The summed E-state index contributed by atoms with van der Waals surface area (Å²) in [5.74, 6) is 0.459. The molecule has 1 aromatic carbocycles. The Hall–Kier alpha value is -2.43. The number of aromatic nitrogens is 2. The minimum atomic E-state index is -0.190. The maximum atomic E-state index is 11.9. The Kier molecular flexibility index (Phi) is 5.47. The SMILES string of the molecule is CCC(C)NC(=O)c1ccc(NC(C)c2ccccc2)nn1. The van der Waals surface area contributed by atoms with Crippen LogP contribution in [-0.4, -0.2) is 22.1 Å². The maximum absolute atomic E-state index is 11.9. The topological polar surface area (TPSA) is 66.9 Å². The molecule has 5 heteroatoms. The molecule has 0 saturated heterocycles. The zero-order chi connectivity index (χ0) is 15.9. The molecule has 0 aliphatic carbocycles. The largest absolute Gasteiger partial charge is 0.362 e. The fourth-order valence-electron chi connectivity index (χ4n) is 1.98. The number of carbonyl (C=O) groups excluding carboxylic acids is 1. The number of hydrogen-bond donors (Lipinski definition) is 2. The molecule has 1 aromatic heterocycles. The van der Waals surface area contributed by atoms with Gasteiger partial charge in [-0.3, -0.25) is 4.79 Å². The number of amides is 1. The molecule has 5 nitrogen and oxygen atoms in total. The number of rotatable bonds is 6. The van der Waals surface area contributed by atoms with Gasteiger partial charge in [-0.05, 0) is 38.0 Å². The van der Waals surface area contributed by atoms with Crippen LogP contribution < -0.4 is 10.6 Å². The maximum Gasteiger partial charge on any atom is 0.272 e. The summed E-state index contributed by atoms with van der Waals surface area (Å²) in [5.41, 5.74) is 1.50. The first-order valence-electron chi connectivity index (χ1n) is 7.56. The normalized spacial score (nSPS) is 13.2. The molecule has 22 heavy (non-hydrogen) atoms. The van der Waals surface area contributed by atoms with Gasteiger partial charge in [-0.2, -0.15) is 0 Å². The molecule has 2 N–H and O–H groups in total. The molecule has 0 radical (unpaired) electrons. The van der Waals surface area contributed by atoms with Crippen LogP contribution in [0.15, 0.2) is 42.5 Å². The summed E-state index contributed by atoms with van der Waals surface area (Å²) >= 11 is 0. The van der Waals surface area contributed by atoms with E-state index >= 15 is 0 Å². The predicted molar refractivity (Wildman–Crippen MR) is 87.7 cm³/mol. The molecular formula is C17H22N4O. The van der Waals surface area contributed by atoms with Crippen molar-refractivity contribution in [3.63, 3.8) is 0 Å². The van der Waals surface area contributed by atoms with Crippen molar-refractivity contribution in [1.82, 2.24) is 15.5 Å². The fraction of sp³-hybridized carbons (Fsp3) is 0.353. The van der Waals surface area contributed by atoms with Crippen LogP contribution in [0.4, 0.5) is 5.82 Å². The van der Waals surface area contributed by atoms with E-state index in [9.17, 15) is 4.79 Å². The van der Waals surface area contributed by atoms with Crippen LogP contribution in [0.25, 0.3) is 0 Å². The quantitative estimate of drug-likeness (QED) is 0.859. The highest BCUT2D eigenvalue weighted by atomic mass is 16.2. The van der Waals surface area contributed by atoms with E-state index in [4.69, 9.17) is 0 Å². The van der Waals surface area contributed by atoms with Crippen LogP contribution >= 0.6 is 0 Å². The van der Waals surface area contributed by atoms with Crippen LogP contribution in [0.1, 0.15) is 49.3 Å². The summed E-state index contributed by atoms with van der Waals surface area (Å²) in [4.78, 5) is 11.9. The number of hydrogen-bond acceptors (Lipinski definition) is 4. The lowest BCUT2D eigenvalue weighted by atomic mass is 10.1. The first-order valence-corrected chi connectivity index (χ1v) is 7.56. The Morgan fingerprint density at radius 3 is 2.41 bits per heavy atom. The summed E-state index contributed by atoms with van der Waals surface area (Å²) in [6.45, 7) is 6.04. The van der Waals surface area contributed by atoms with Gasteiger partial charge in [-0.15, -0.1) is 10.2 Å². The monoisotopic (exact) mass is 298 g/mol. The molecular weight excluding hydrogens is 276 g/mol. The third kappa shape index (κ3) is 4.28. The molecule has 2 atom stereocenters. The molecule has 2 aromatic rings. The van der Waals surface area contributed by atoms with E-state index in [1.165, 1.54) is 5.56 Å². The molecule has 2 unspecified atom stereocenters. The van der Waals surface area contributed by atoms with Crippen LogP contribution in [-0.2, 0) is 0 Å². The van der Waals surface area contributed by atoms with E-state index in [1.807, 2.05) is 32.0 Å². The molecule has 0 spiro atoms. The van der Waals surface area contributed by atoms with E-state index in [2.05, 4.69) is 39.9 Å². The highest BCUT2D eigenvalue weighted by Gasteiger charge is 2.11. The average molecular weight is 298 g/mol. The first kappa shape index (κ1) is 15.9. The average Bonchev–Trinajstić information content (AvgIpc) is 2.56. The van der Waals surface area contributed by atoms with Gasteiger partial charge in [0.2, 0.25) is 0 Å². The fourth-order valence-corrected chi connectivity index (χ4v) is 1.98. The highest BCUT2D eigenvalue weighted by molar-refractivity contribution is 5.92. The Bertz CT molecular complexity index is 598. The minimum absolute atomic E-state index is 0.121. The molecule has 0 aliphatic heterocycles. The van der Waals surface area contributed by atoms with Gasteiger partial charge < -0.3 is 10.6 Å². The number of nitrogens with one attached hydrogen (secondary N) is 2. The lowest BCUT2D eigenvalue weighted by molar-refractivity contribution is 0.0933. The second-order valence-electron chi connectivity index (χ2n) is 5.36. The second kappa shape index (κ2) is 7.54. The molecule has 2 rings (SSSR count). The molecule has 0 fully saturated rings. The van der Waals surface area contributed by atoms with Crippen molar-refractivity contribution in [2.24, 2.45) is 0 Å². The number of benzene rings is 1. The van der Waals surface area contributed by atoms with Crippen molar-refractivity contribution in [3.8, 4) is 0 Å². The van der Waals surface area contributed by atoms with Gasteiger partial charge in [0.25, 0.3) is 5.91 Å². The second-order valence-corrected chi connectivity index (χ2v) is 5.36. The van der Waals surface area contributed by atoms with Gasteiger partial charge in [0.1, 0.15) is 5.82 Å². The molecule has 1 amide bonds. The lowest BCUT2D eigenvalue weighted by Crippen LogP contribution is -2.32. The van der Waals surface area contributed by atoms with Crippen molar-refractivity contribution >= 4 is 11.7 Å². The van der Waals surface area contributed by atoms with Gasteiger partial charge in [0.05, 0.1) is 0 Å². The molecule has 0 saturated carbocycles. The summed E-state index contributed by atoms with van der Waals surface area (Å²) in [5, 5.41) is 14.2. The lowest BCUT2D eigenvalue weighted by Gasteiger charge is -2.14. The van der Waals surface area contributed by atoms with Gasteiger partial charge in [-0.1, -0.05) is 37.3 Å². The van der Waals surface area contributed by atoms with Crippen molar-refractivity contribution in [3.05, 3.63) is 53.7 Å². The van der Waals surface area contributed by atoms with E-state index in [0.717, 1.165) is 6.42 Å². The predicted octanol–water partition coefficient (Wildman–Crippen LogP) is 3.18. The summed E-state index contributed by atoms with van der Waals surface area (Å²) < 4.78 is 0. The zero-order valence-corrected chi connectivity index (χ0v) is 13.2.